The maximum absolute atomic E-state index is 13.5. The Bertz CT molecular complexity index is 1020. The van der Waals surface area contributed by atoms with Crippen molar-refractivity contribution in [3.05, 3.63) is 77.6 Å². The highest BCUT2D eigenvalue weighted by atomic mass is 19.1. The molecular formula is C22H21FN4O. The first kappa shape index (κ1) is 18.2. The van der Waals surface area contributed by atoms with Gasteiger partial charge in [-0.3, -0.25) is 9.78 Å². The first-order valence-electron chi connectivity index (χ1n) is 9.24. The van der Waals surface area contributed by atoms with Gasteiger partial charge in [-0.2, -0.15) is 0 Å². The number of amides is 1. The van der Waals surface area contributed by atoms with Crippen LogP contribution in [0.4, 0.5) is 4.39 Å². The van der Waals surface area contributed by atoms with Crippen LogP contribution in [0, 0.1) is 11.2 Å². The quantitative estimate of drug-likeness (QED) is 0.747. The van der Waals surface area contributed by atoms with E-state index < -0.39 is 5.82 Å². The Labute approximate surface area is 163 Å². The molecule has 6 heteroatoms. The van der Waals surface area contributed by atoms with Crippen LogP contribution in [0.2, 0.25) is 0 Å². The van der Waals surface area contributed by atoms with Gasteiger partial charge in [0, 0.05) is 35.3 Å². The molecule has 1 aromatic carbocycles. The molecule has 2 heterocycles. The van der Waals surface area contributed by atoms with Crippen LogP contribution in [0.15, 0.2) is 55.0 Å². The van der Waals surface area contributed by atoms with Crippen molar-refractivity contribution in [3.8, 4) is 11.4 Å². The lowest BCUT2D eigenvalue weighted by atomic mass is 9.74. The van der Waals surface area contributed by atoms with E-state index in [1.165, 1.54) is 18.2 Å². The summed E-state index contributed by atoms with van der Waals surface area (Å²) in [5.41, 5.74) is 3.03. The van der Waals surface area contributed by atoms with Crippen molar-refractivity contribution < 1.29 is 9.18 Å². The third-order valence-electron chi connectivity index (χ3n) is 5.01. The zero-order valence-electron chi connectivity index (χ0n) is 15.8. The second kappa shape index (κ2) is 7.11. The van der Waals surface area contributed by atoms with E-state index in [9.17, 15) is 9.18 Å². The molecule has 1 atom stereocenters. The van der Waals surface area contributed by atoms with Crippen LogP contribution in [0.25, 0.3) is 11.4 Å². The van der Waals surface area contributed by atoms with Crippen molar-refractivity contribution in [3.63, 3.8) is 0 Å². The van der Waals surface area contributed by atoms with E-state index in [-0.39, 0.29) is 17.4 Å². The Morgan fingerprint density at radius 3 is 2.75 bits per heavy atom. The smallest absolute Gasteiger partial charge is 0.251 e. The standard InChI is InChI=1S/C22H21FN4O/c1-22(2)11-18-17(13-25-20(26-18)14-6-8-24-9-7-14)19(12-22)27-21(28)15-4-3-5-16(23)10-15/h3-10,13,19H,11-12H2,1-2H3,(H,27,28)/t19-/m0/s1. The molecule has 0 radical (unpaired) electrons. The molecule has 142 valence electrons. The average molecular weight is 376 g/mol. The number of aromatic nitrogens is 3. The lowest BCUT2D eigenvalue weighted by Gasteiger charge is -2.36. The molecule has 0 saturated carbocycles. The number of nitrogens with zero attached hydrogens (tertiary/aromatic N) is 3. The van der Waals surface area contributed by atoms with Crippen LogP contribution in [0.1, 0.15) is 47.9 Å². The van der Waals surface area contributed by atoms with Crippen molar-refractivity contribution in [1.29, 1.82) is 0 Å². The predicted molar refractivity (Wildman–Crippen MR) is 104 cm³/mol. The summed E-state index contributed by atoms with van der Waals surface area (Å²) in [7, 11) is 0. The van der Waals surface area contributed by atoms with Crippen LogP contribution >= 0.6 is 0 Å². The van der Waals surface area contributed by atoms with Gasteiger partial charge in [0.05, 0.1) is 11.7 Å². The summed E-state index contributed by atoms with van der Waals surface area (Å²) in [6.07, 6.45) is 6.78. The van der Waals surface area contributed by atoms with E-state index in [1.54, 1.807) is 24.7 Å². The van der Waals surface area contributed by atoms with Gasteiger partial charge in [-0.05, 0) is 48.6 Å². The molecule has 0 bridgehead atoms. The second-order valence-corrected chi connectivity index (χ2v) is 7.91. The first-order chi connectivity index (χ1) is 13.4. The topological polar surface area (TPSA) is 67.8 Å². The van der Waals surface area contributed by atoms with Crippen LogP contribution < -0.4 is 5.32 Å². The summed E-state index contributed by atoms with van der Waals surface area (Å²) < 4.78 is 13.5. The van der Waals surface area contributed by atoms with Gasteiger partial charge < -0.3 is 5.32 Å². The molecule has 5 nitrogen and oxygen atoms in total. The molecule has 4 rings (SSSR count). The maximum atomic E-state index is 13.5. The van der Waals surface area contributed by atoms with Gasteiger partial charge in [0.2, 0.25) is 0 Å². The highest BCUT2D eigenvalue weighted by Gasteiger charge is 2.34. The summed E-state index contributed by atoms with van der Waals surface area (Å²) in [6.45, 7) is 4.32. The first-order valence-corrected chi connectivity index (χ1v) is 9.24. The maximum Gasteiger partial charge on any atom is 0.251 e. The third kappa shape index (κ3) is 3.76. The molecule has 0 spiro atoms. The number of fused-ring (bicyclic) bond motifs is 1. The number of benzene rings is 1. The average Bonchev–Trinajstić information content (AvgIpc) is 2.67. The van der Waals surface area contributed by atoms with Crippen molar-refractivity contribution >= 4 is 5.91 Å². The van der Waals surface area contributed by atoms with Crippen LogP contribution in [-0.2, 0) is 6.42 Å². The minimum Gasteiger partial charge on any atom is -0.345 e. The van der Waals surface area contributed by atoms with Crippen molar-refractivity contribution in [2.24, 2.45) is 5.41 Å². The number of carbonyl (C=O) groups excluding carboxylic acids is 1. The van der Waals surface area contributed by atoms with Gasteiger partial charge in [0.15, 0.2) is 5.82 Å². The summed E-state index contributed by atoms with van der Waals surface area (Å²) in [4.78, 5) is 26.0. The van der Waals surface area contributed by atoms with Gasteiger partial charge in [0.25, 0.3) is 5.91 Å². The normalized spacial score (nSPS) is 17.6. The minimum absolute atomic E-state index is 0.0310. The zero-order valence-corrected chi connectivity index (χ0v) is 15.8. The fourth-order valence-electron chi connectivity index (χ4n) is 3.69. The van der Waals surface area contributed by atoms with E-state index in [1.807, 2.05) is 12.1 Å². The Kier molecular flexibility index (Phi) is 4.63. The molecule has 0 aliphatic heterocycles. The zero-order chi connectivity index (χ0) is 19.7. The van der Waals surface area contributed by atoms with Crippen LogP contribution in [-0.4, -0.2) is 20.9 Å². The van der Waals surface area contributed by atoms with Crippen molar-refractivity contribution in [2.75, 3.05) is 0 Å². The molecule has 0 fully saturated rings. The summed E-state index contributed by atoms with van der Waals surface area (Å²) in [6, 6.07) is 9.24. The highest BCUT2D eigenvalue weighted by Crippen LogP contribution is 2.40. The van der Waals surface area contributed by atoms with E-state index in [2.05, 4.69) is 29.1 Å². The molecule has 3 aromatic rings. The molecule has 2 aromatic heterocycles. The predicted octanol–water partition coefficient (Wildman–Crippen LogP) is 4.12. The lowest BCUT2D eigenvalue weighted by Crippen LogP contribution is -2.37. The van der Waals surface area contributed by atoms with E-state index in [0.29, 0.717) is 11.4 Å². The largest absolute Gasteiger partial charge is 0.345 e. The number of pyridine rings is 1. The van der Waals surface area contributed by atoms with Crippen molar-refractivity contribution in [2.45, 2.75) is 32.7 Å². The Morgan fingerprint density at radius 2 is 2.00 bits per heavy atom. The van der Waals surface area contributed by atoms with Gasteiger partial charge in [-0.15, -0.1) is 0 Å². The molecule has 28 heavy (non-hydrogen) atoms. The van der Waals surface area contributed by atoms with Crippen molar-refractivity contribution in [1.82, 2.24) is 20.3 Å². The van der Waals surface area contributed by atoms with E-state index in [4.69, 9.17) is 4.98 Å². The number of rotatable bonds is 3. The van der Waals surface area contributed by atoms with E-state index in [0.717, 1.165) is 29.7 Å². The molecular weight excluding hydrogens is 355 g/mol. The molecule has 0 saturated heterocycles. The van der Waals surface area contributed by atoms with Crippen LogP contribution in [0.5, 0.6) is 0 Å². The number of hydrogen-bond donors (Lipinski definition) is 1. The fourth-order valence-corrected chi connectivity index (χ4v) is 3.69. The minimum atomic E-state index is -0.428. The Morgan fingerprint density at radius 1 is 1.21 bits per heavy atom. The molecule has 1 aliphatic rings. The number of carbonyl (C=O) groups is 1. The van der Waals surface area contributed by atoms with E-state index >= 15 is 0 Å². The van der Waals surface area contributed by atoms with Crippen LogP contribution in [0.3, 0.4) is 0 Å². The second-order valence-electron chi connectivity index (χ2n) is 7.91. The summed E-state index contributed by atoms with van der Waals surface area (Å²) in [5.74, 6) is -0.0808. The number of nitrogens with one attached hydrogen (secondary N) is 1. The van der Waals surface area contributed by atoms with Gasteiger partial charge in [0.1, 0.15) is 5.82 Å². The number of halogens is 1. The third-order valence-corrected chi connectivity index (χ3v) is 5.01. The molecule has 1 N–H and O–H groups in total. The van der Waals surface area contributed by atoms with Gasteiger partial charge in [-0.25, -0.2) is 14.4 Å². The molecule has 1 amide bonds. The number of hydrogen-bond acceptors (Lipinski definition) is 4. The molecule has 1 aliphatic carbocycles. The Balaban J connectivity index is 1.66. The monoisotopic (exact) mass is 376 g/mol. The Hall–Kier alpha value is -3.15. The fraction of sp³-hybridized carbons (Fsp3) is 0.273. The summed E-state index contributed by atoms with van der Waals surface area (Å²) in [5, 5.41) is 3.04. The highest BCUT2D eigenvalue weighted by molar-refractivity contribution is 5.94. The lowest BCUT2D eigenvalue weighted by molar-refractivity contribution is 0.0918. The van der Waals surface area contributed by atoms with Gasteiger partial charge in [-0.1, -0.05) is 19.9 Å². The van der Waals surface area contributed by atoms with Gasteiger partial charge >= 0.3 is 0 Å². The SMILES string of the molecule is CC1(C)Cc2nc(-c3ccncc3)ncc2[C@@H](NC(=O)c2cccc(F)c2)C1. The molecule has 0 unspecified atom stereocenters. The summed E-state index contributed by atoms with van der Waals surface area (Å²) >= 11 is 0.